The molecule has 0 aromatic heterocycles. The van der Waals surface area contributed by atoms with E-state index in [1.165, 1.54) is 6.92 Å². The predicted molar refractivity (Wildman–Crippen MR) is 78.7 cm³/mol. The van der Waals surface area contributed by atoms with E-state index >= 15 is 0 Å². The number of hydrogen-bond donors (Lipinski definition) is 1. The van der Waals surface area contributed by atoms with Gasteiger partial charge >= 0.3 is 24.0 Å². The Morgan fingerprint density at radius 3 is 1.92 bits per heavy atom. The normalized spacial score (nSPS) is 13.2. The highest BCUT2D eigenvalue weighted by molar-refractivity contribution is 7.99. The number of carboxylic acids is 1. The van der Waals surface area contributed by atoms with Gasteiger partial charge in [0.15, 0.2) is 0 Å². The summed E-state index contributed by atoms with van der Waals surface area (Å²) in [5, 5.41) is 9.11. The van der Waals surface area contributed by atoms with Gasteiger partial charge in [0.25, 0.3) is 0 Å². The van der Waals surface area contributed by atoms with Crippen LogP contribution in [0.1, 0.15) is 41.8 Å². The second-order valence-corrected chi connectivity index (χ2v) is 6.23. The molecule has 0 spiro atoms. The average molecular weight is 392 g/mol. The first-order valence-electron chi connectivity index (χ1n) is 7.17. The average Bonchev–Trinajstić information content (AvgIpc) is 2.48. The number of aromatic carboxylic acids is 1. The monoisotopic (exact) mass is 392 g/mol. The summed E-state index contributed by atoms with van der Waals surface area (Å²) >= 11 is 0.586. The first kappa shape index (κ1) is 21.6. The lowest BCUT2D eigenvalue weighted by Gasteiger charge is -2.32. The van der Waals surface area contributed by atoms with Crippen LogP contribution in [0.25, 0.3) is 0 Å². The van der Waals surface area contributed by atoms with Gasteiger partial charge in [-0.1, -0.05) is 19.9 Å². The lowest BCUT2D eigenvalue weighted by atomic mass is 9.90. The van der Waals surface area contributed by atoms with Crippen LogP contribution in [0.3, 0.4) is 0 Å². The lowest BCUT2D eigenvalue weighted by molar-refractivity contribution is -0.349. The molecule has 0 amide bonds. The Hall–Kier alpha value is -1.45. The van der Waals surface area contributed by atoms with Crippen LogP contribution in [0.15, 0.2) is 17.0 Å². The zero-order valence-corrected chi connectivity index (χ0v) is 14.0. The topological polar surface area (TPSA) is 37.3 Å². The van der Waals surface area contributed by atoms with Crippen LogP contribution >= 0.6 is 11.8 Å². The van der Waals surface area contributed by atoms with Gasteiger partial charge in [0.05, 0.1) is 5.56 Å². The summed E-state index contributed by atoms with van der Waals surface area (Å²) in [5.74, 6) is -1.40. The molecule has 142 valence electrons. The quantitative estimate of drug-likeness (QED) is 0.496. The highest BCUT2D eigenvalue weighted by Crippen LogP contribution is 2.55. The van der Waals surface area contributed by atoms with Gasteiger partial charge in [-0.2, -0.15) is 26.3 Å². The molecule has 0 atom stereocenters. The van der Waals surface area contributed by atoms with Crippen LogP contribution in [-0.4, -0.2) is 29.2 Å². The van der Waals surface area contributed by atoms with Crippen molar-refractivity contribution in [1.82, 2.24) is 0 Å². The standard InChI is InChI=1S/C15H15F7O2S/c1-3-7-25-11-8(4-2)9(12(23)24)5-6-10(11)13(16,14(17,18)19)15(20,21)22/h5-6H,3-4,7H2,1-2H3,(H,23,24). The number of thioether (sulfide) groups is 1. The van der Waals surface area contributed by atoms with Gasteiger partial charge < -0.3 is 5.11 Å². The third kappa shape index (κ3) is 3.88. The Morgan fingerprint density at radius 1 is 1.04 bits per heavy atom. The van der Waals surface area contributed by atoms with Crippen molar-refractivity contribution in [2.24, 2.45) is 0 Å². The van der Waals surface area contributed by atoms with Crippen LogP contribution in [0, 0.1) is 0 Å². The highest BCUT2D eigenvalue weighted by Gasteiger charge is 2.74. The molecule has 0 saturated heterocycles. The summed E-state index contributed by atoms with van der Waals surface area (Å²) in [6.07, 6.45) is -12.3. The van der Waals surface area contributed by atoms with E-state index in [1.54, 1.807) is 6.92 Å². The molecule has 0 aliphatic rings. The van der Waals surface area contributed by atoms with Crippen molar-refractivity contribution in [1.29, 1.82) is 0 Å². The van der Waals surface area contributed by atoms with E-state index in [9.17, 15) is 35.5 Å². The van der Waals surface area contributed by atoms with Crippen molar-refractivity contribution >= 4 is 17.7 Å². The molecule has 0 fully saturated rings. The smallest absolute Gasteiger partial charge is 0.435 e. The summed E-state index contributed by atoms with van der Waals surface area (Å²) < 4.78 is 92.8. The predicted octanol–water partition coefficient (Wildman–Crippen LogP) is 5.74. The van der Waals surface area contributed by atoms with Gasteiger partial charge in [-0.3, -0.25) is 0 Å². The molecule has 0 heterocycles. The van der Waals surface area contributed by atoms with E-state index in [0.717, 1.165) is 0 Å². The molecular formula is C15H15F7O2S. The third-order valence-electron chi connectivity index (χ3n) is 3.45. The van der Waals surface area contributed by atoms with Gasteiger partial charge in [0, 0.05) is 10.5 Å². The number of halogens is 7. The molecule has 2 nitrogen and oxygen atoms in total. The molecule has 0 aliphatic carbocycles. The molecule has 0 bridgehead atoms. The van der Waals surface area contributed by atoms with Crippen LogP contribution in [0.5, 0.6) is 0 Å². The fraction of sp³-hybridized carbons (Fsp3) is 0.533. The summed E-state index contributed by atoms with van der Waals surface area (Å²) in [6.45, 7) is 3.01. The van der Waals surface area contributed by atoms with Gasteiger partial charge in [0.1, 0.15) is 0 Å². The van der Waals surface area contributed by atoms with Crippen molar-refractivity contribution in [2.75, 3.05) is 5.75 Å². The Bertz CT molecular complexity index is 624. The van der Waals surface area contributed by atoms with E-state index in [2.05, 4.69) is 0 Å². The van der Waals surface area contributed by atoms with E-state index < -0.39 is 40.0 Å². The molecule has 0 radical (unpaired) electrons. The van der Waals surface area contributed by atoms with Gasteiger partial charge in [-0.25, -0.2) is 9.18 Å². The van der Waals surface area contributed by atoms with Crippen molar-refractivity contribution in [3.63, 3.8) is 0 Å². The van der Waals surface area contributed by atoms with E-state index in [4.69, 9.17) is 5.11 Å². The van der Waals surface area contributed by atoms with Gasteiger partial charge in [-0.15, -0.1) is 11.8 Å². The van der Waals surface area contributed by atoms with Crippen LogP contribution in [0.4, 0.5) is 30.7 Å². The first-order valence-corrected chi connectivity index (χ1v) is 8.16. The molecule has 1 aromatic rings. The van der Waals surface area contributed by atoms with Crippen molar-refractivity contribution in [2.45, 2.75) is 49.6 Å². The SMILES string of the molecule is CCCSc1c(C(F)(C(F)(F)F)C(F)(F)F)ccc(C(=O)O)c1CC. The highest BCUT2D eigenvalue weighted by atomic mass is 32.2. The first-order chi connectivity index (χ1) is 11.3. The maximum absolute atomic E-state index is 14.5. The Morgan fingerprint density at radius 2 is 1.56 bits per heavy atom. The molecule has 0 saturated carbocycles. The minimum absolute atomic E-state index is 0.106. The molecule has 0 unspecified atom stereocenters. The van der Waals surface area contributed by atoms with Crippen molar-refractivity contribution < 1.29 is 40.6 Å². The van der Waals surface area contributed by atoms with Crippen molar-refractivity contribution in [3.05, 3.63) is 28.8 Å². The zero-order chi connectivity index (χ0) is 19.6. The Labute approximate surface area is 143 Å². The lowest BCUT2D eigenvalue weighted by Crippen LogP contribution is -2.50. The van der Waals surface area contributed by atoms with Crippen LogP contribution in [-0.2, 0) is 12.1 Å². The number of carboxylic acid groups (broad SMARTS) is 1. The van der Waals surface area contributed by atoms with Gasteiger partial charge in [0.2, 0.25) is 0 Å². The second kappa shape index (κ2) is 7.43. The zero-order valence-electron chi connectivity index (χ0n) is 13.2. The van der Waals surface area contributed by atoms with Crippen molar-refractivity contribution in [3.8, 4) is 0 Å². The minimum atomic E-state index is -6.25. The third-order valence-corrected chi connectivity index (χ3v) is 4.81. The molecule has 1 N–H and O–H groups in total. The minimum Gasteiger partial charge on any atom is -0.478 e. The fourth-order valence-electron chi connectivity index (χ4n) is 2.29. The van der Waals surface area contributed by atoms with E-state index in [0.29, 0.717) is 24.2 Å². The summed E-state index contributed by atoms with van der Waals surface area (Å²) in [7, 11) is 0. The number of carbonyl (C=O) groups is 1. The molecule has 25 heavy (non-hydrogen) atoms. The number of benzene rings is 1. The number of hydrogen-bond acceptors (Lipinski definition) is 2. The fourth-order valence-corrected chi connectivity index (χ4v) is 3.49. The Balaban J connectivity index is 3.86. The molecule has 1 aromatic carbocycles. The van der Waals surface area contributed by atoms with Crippen LogP contribution < -0.4 is 0 Å². The Kier molecular flexibility index (Phi) is 6.41. The maximum Gasteiger partial charge on any atom is 0.435 e. The van der Waals surface area contributed by atoms with E-state index in [-0.39, 0.29) is 23.8 Å². The second-order valence-electron chi connectivity index (χ2n) is 5.13. The molecule has 0 aliphatic heterocycles. The molecule has 1 rings (SSSR count). The summed E-state index contributed by atoms with van der Waals surface area (Å²) in [5.41, 5.74) is -7.90. The molecular weight excluding hydrogens is 377 g/mol. The maximum atomic E-state index is 14.5. The van der Waals surface area contributed by atoms with Crippen LogP contribution in [0.2, 0.25) is 0 Å². The number of alkyl halides is 7. The van der Waals surface area contributed by atoms with E-state index in [1.807, 2.05) is 0 Å². The molecule has 10 heteroatoms. The summed E-state index contributed by atoms with van der Waals surface area (Å²) in [4.78, 5) is 10.6. The summed E-state index contributed by atoms with van der Waals surface area (Å²) in [6, 6.07) is 0.847. The number of rotatable bonds is 6. The largest absolute Gasteiger partial charge is 0.478 e. The van der Waals surface area contributed by atoms with Gasteiger partial charge in [-0.05, 0) is 30.2 Å².